The first-order valence-corrected chi connectivity index (χ1v) is 7.38. The molecule has 3 rings (SSSR count). The third-order valence-corrected chi connectivity index (χ3v) is 4.60. The average molecular weight is 261 g/mol. The van der Waals surface area contributed by atoms with Crippen LogP contribution < -0.4 is 5.32 Å². The summed E-state index contributed by atoms with van der Waals surface area (Å²) in [5, 5.41) is 3.39. The predicted molar refractivity (Wildman–Crippen MR) is 74.0 cm³/mol. The van der Waals surface area contributed by atoms with Gasteiger partial charge in [-0.1, -0.05) is 19.3 Å². The van der Waals surface area contributed by atoms with E-state index in [2.05, 4.69) is 12.2 Å². The Morgan fingerprint density at radius 3 is 2.68 bits per heavy atom. The summed E-state index contributed by atoms with van der Waals surface area (Å²) in [4.78, 5) is 9.64. The van der Waals surface area contributed by atoms with Crippen molar-refractivity contribution in [3.05, 3.63) is 22.8 Å². The van der Waals surface area contributed by atoms with Crippen LogP contribution in [0.25, 0.3) is 0 Å². The summed E-state index contributed by atoms with van der Waals surface area (Å²) in [6.07, 6.45) is 6.86. The zero-order valence-electron chi connectivity index (χ0n) is 12.0. The zero-order valence-corrected chi connectivity index (χ0v) is 12.0. The molecule has 1 fully saturated rings. The van der Waals surface area contributed by atoms with E-state index in [4.69, 9.17) is 14.7 Å². The van der Waals surface area contributed by atoms with Gasteiger partial charge in [-0.05, 0) is 19.8 Å². The van der Waals surface area contributed by atoms with Crippen LogP contribution in [0.1, 0.15) is 54.9 Å². The van der Waals surface area contributed by atoms with Crippen LogP contribution in [0.2, 0.25) is 0 Å². The van der Waals surface area contributed by atoms with Crippen LogP contribution in [0.5, 0.6) is 0 Å². The second kappa shape index (κ2) is 5.17. The number of hydrogen-bond acceptors (Lipinski definition) is 4. The molecule has 1 saturated carbocycles. The Balaban J connectivity index is 2.02. The van der Waals surface area contributed by atoms with E-state index in [0.717, 1.165) is 43.9 Å². The first-order chi connectivity index (χ1) is 9.25. The van der Waals surface area contributed by atoms with Crippen LogP contribution in [-0.2, 0) is 23.3 Å². The molecule has 0 spiro atoms. The van der Waals surface area contributed by atoms with Gasteiger partial charge in [0.25, 0.3) is 0 Å². The van der Waals surface area contributed by atoms with Crippen LogP contribution in [0, 0.1) is 6.92 Å². The number of nitrogens with zero attached hydrogens (tertiary/aromatic N) is 2. The van der Waals surface area contributed by atoms with E-state index < -0.39 is 0 Å². The number of fused-ring (bicyclic) bond motifs is 1. The molecule has 1 aromatic rings. The number of ether oxygens (including phenoxy) is 1. The molecule has 4 heteroatoms. The number of aryl methyl sites for hydroxylation is 1. The van der Waals surface area contributed by atoms with Gasteiger partial charge in [0, 0.05) is 37.9 Å². The van der Waals surface area contributed by atoms with E-state index in [1.54, 1.807) is 0 Å². The summed E-state index contributed by atoms with van der Waals surface area (Å²) in [7, 11) is 1.81. The molecular weight excluding hydrogens is 238 g/mol. The number of hydrogen-bond donors (Lipinski definition) is 1. The third-order valence-electron chi connectivity index (χ3n) is 4.60. The summed E-state index contributed by atoms with van der Waals surface area (Å²) in [6, 6.07) is 0. The molecule has 1 aliphatic heterocycles. The van der Waals surface area contributed by atoms with Crippen molar-refractivity contribution >= 4 is 0 Å². The molecule has 2 heterocycles. The lowest BCUT2D eigenvalue weighted by Gasteiger charge is -2.35. The van der Waals surface area contributed by atoms with Gasteiger partial charge < -0.3 is 10.1 Å². The molecule has 0 bridgehead atoms. The van der Waals surface area contributed by atoms with Crippen molar-refractivity contribution in [3.63, 3.8) is 0 Å². The molecule has 2 aliphatic rings. The Morgan fingerprint density at radius 2 is 1.95 bits per heavy atom. The van der Waals surface area contributed by atoms with Crippen LogP contribution in [0.3, 0.4) is 0 Å². The second-order valence-corrected chi connectivity index (χ2v) is 5.74. The summed E-state index contributed by atoms with van der Waals surface area (Å²) >= 11 is 0. The topological polar surface area (TPSA) is 47.0 Å². The van der Waals surface area contributed by atoms with Crippen LogP contribution in [-0.4, -0.2) is 23.6 Å². The Morgan fingerprint density at radius 1 is 1.16 bits per heavy atom. The summed E-state index contributed by atoms with van der Waals surface area (Å²) in [5.41, 5.74) is 3.40. The van der Waals surface area contributed by atoms with Crippen molar-refractivity contribution in [2.24, 2.45) is 0 Å². The van der Waals surface area contributed by atoms with Gasteiger partial charge in [0.2, 0.25) is 0 Å². The molecule has 0 amide bonds. The average Bonchev–Trinajstić information content (AvgIpc) is 2.48. The first-order valence-electron chi connectivity index (χ1n) is 7.38. The van der Waals surface area contributed by atoms with Gasteiger partial charge in [-0.15, -0.1) is 0 Å². The quantitative estimate of drug-likeness (QED) is 0.887. The molecule has 0 unspecified atom stereocenters. The molecule has 1 aromatic heterocycles. The van der Waals surface area contributed by atoms with Crippen molar-refractivity contribution in [2.75, 3.05) is 13.7 Å². The number of rotatable bonds is 2. The molecule has 0 atom stereocenters. The summed E-state index contributed by atoms with van der Waals surface area (Å²) in [6.45, 7) is 4.02. The SMILES string of the molecule is COC1(c2nc(C)c3c(n2)CCNC3)CCCCC1. The molecule has 4 nitrogen and oxygen atoms in total. The monoisotopic (exact) mass is 261 g/mol. The lowest BCUT2D eigenvalue weighted by Crippen LogP contribution is -2.35. The summed E-state index contributed by atoms with van der Waals surface area (Å²) in [5.74, 6) is 0.924. The molecule has 0 radical (unpaired) electrons. The van der Waals surface area contributed by atoms with Gasteiger partial charge in [-0.2, -0.15) is 0 Å². The first kappa shape index (κ1) is 13.0. The van der Waals surface area contributed by atoms with Crippen molar-refractivity contribution in [1.29, 1.82) is 0 Å². The molecule has 1 aliphatic carbocycles. The highest BCUT2D eigenvalue weighted by Gasteiger charge is 2.37. The Bertz CT molecular complexity index is 467. The molecule has 0 saturated heterocycles. The van der Waals surface area contributed by atoms with Gasteiger partial charge in [-0.3, -0.25) is 0 Å². The van der Waals surface area contributed by atoms with Gasteiger partial charge in [0.15, 0.2) is 5.82 Å². The largest absolute Gasteiger partial charge is 0.370 e. The minimum atomic E-state index is -0.233. The number of nitrogens with one attached hydrogen (secondary N) is 1. The molecule has 19 heavy (non-hydrogen) atoms. The van der Waals surface area contributed by atoms with E-state index in [-0.39, 0.29) is 5.60 Å². The van der Waals surface area contributed by atoms with Gasteiger partial charge >= 0.3 is 0 Å². The van der Waals surface area contributed by atoms with E-state index >= 15 is 0 Å². The van der Waals surface area contributed by atoms with Gasteiger partial charge in [-0.25, -0.2) is 9.97 Å². The van der Waals surface area contributed by atoms with Crippen molar-refractivity contribution in [1.82, 2.24) is 15.3 Å². The van der Waals surface area contributed by atoms with E-state index in [9.17, 15) is 0 Å². The second-order valence-electron chi connectivity index (χ2n) is 5.74. The lowest BCUT2D eigenvalue weighted by molar-refractivity contribution is -0.0518. The van der Waals surface area contributed by atoms with Crippen LogP contribution >= 0.6 is 0 Å². The molecule has 1 N–H and O–H groups in total. The highest BCUT2D eigenvalue weighted by Crippen LogP contribution is 2.38. The smallest absolute Gasteiger partial charge is 0.160 e. The van der Waals surface area contributed by atoms with Crippen molar-refractivity contribution in [2.45, 2.75) is 57.6 Å². The fourth-order valence-electron chi connectivity index (χ4n) is 3.36. The fraction of sp³-hybridized carbons (Fsp3) is 0.733. The number of methoxy groups -OCH3 is 1. The maximum atomic E-state index is 5.87. The predicted octanol–water partition coefficient (Wildman–Crippen LogP) is 2.24. The zero-order chi connectivity index (χ0) is 13.3. The van der Waals surface area contributed by atoms with Gasteiger partial charge in [0.1, 0.15) is 5.60 Å². The maximum Gasteiger partial charge on any atom is 0.160 e. The molecule has 104 valence electrons. The Hall–Kier alpha value is -1.00. The van der Waals surface area contributed by atoms with Crippen LogP contribution in [0.15, 0.2) is 0 Å². The van der Waals surface area contributed by atoms with Crippen LogP contribution in [0.4, 0.5) is 0 Å². The van der Waals surface area contributed by atoms with E-state index in [1.807, 2.05) is 7.11 Å². The van der Waals surface area contributed by atoms with E-state index in [0.29, 0.717) is 0 Å². The highest BCUT2D eigenvalue weighted by atomic mass is 16.5. The van der Waals surface area contributed by atoms with Crippen molar-refractivity contribution in [3.8, 4) is 0 Å². The number of aromatic nitrogens is 2. The maximum absolute atomic E-state index is 5.87. The minimum Gasteiger partial charge on any atom is -0.370 e. The molecular formula is C15H23N3O. The normalized spacial score (nSPS) is 22.0. The third kappa shape index (κ3) is 2.28. The standard InChI is InChI=1S/C15H23N3O/c1-11-12-10-16-9-6-13(12)18-14(17-11)15(19-2)7-4-3-5-8-15/h16H,3-10H2,1-2H3. The highest BCUT2D eigenvalue weighted by molar-refractivity contribution is 5.28. The summed E-state index contributed by atoms with van der Waals surface area (Å²) < 4.78 is 5.87. The fourth-order valence-corrected chi connectivity index (χ4v) is 3.36. The Kier molecular flexibility index (Phi) is 3.54. The molecule has 0 aromatic carbocycles. The van der Waals surface area contributed by atoms with Gasteiger partial charge in [0.05, 0.1) is 5.69 Å². The Labute approximate surface area is 115 Å². The lowest BCUT2D eigenvalue weighted by atomic mass is 9.83. The van der Waals surface area contributed by atoms with E-state index in [1.165, 1.54) is 30.5 Å². The minimum absolute atomic E-state index is 0.233. The van der Waals surface area contributed by atoms with Crippen molar-refractivity contribution < 1.29 is 4.74 Å².